The van der Waals surface area contributed by atoms with Crippen LogP contribution in [0.15, 0.2) is 66.7 Å². The minimum Gasteiger partial charge on any atom is -0.488 e. The van der Waals surface area contributed by atoms with Crippen molar-refractivity contribution in [2.75, 3.05) is 0 Å². The van der Waals surface area contributed by atoms with E-state index in [2.05, 4.69) is 34.7 Å². The number of benzene rings is 3. The molecule has 0 unspecified atom stereocenters. The van der Waals surface area contributed by atoms with E-state index in [1.54, 1.807) is 18.2 Å². The fraction of sp³-hybridized carbons (Fsp3) is 0.0870. The SMILES string of the molecule is Cc1cccc(COc2ccc(/C=C(/C#N)c3ccc([N+](=O)[O-])cc3)cc2I)c1. The van der Waals surface area contributed by atoms with E-state index >= 15 is 0 Å². The number of nitriles is 1. The average molecular weight is 496 g/mol. The zero-order valence-corrected chi connectivity index (χ0v) is 17.8. The van der Waals surface area contributed by atoms with Crippen molar-refractivity contribution in [3.8, 4) is 11.8 Å². The van der Waals surface area contributed by atoms with Crippen molar-refractivity contribution in [1.82, 2.24) is 0 Å². The molecule has 3 aromatic carbocycles. The van der Waals surface area contributed by atoms with Crippen LogP contribution in [0.5, 0.6) is 5.75 Å². The standard InChI is InChI=1S/C23H17IN2O3/c1-16-3-2-4-18(11-16)15-29-23-10-5-17(13-22(23)24)12-20(14-25)19-6-8-21(9-7-19)26(27)28/h2-13H,15H2,1H3/b20-12-. The lowest BCUT2D eigenvalue weighted by Crippen LogP contribution is -1.97. The Bertz CT molecular complexity index is 1120. The number of halogens is 1. The number of hydrogen-bond donors (Lipinski definition) is 0. The van der Waals surface area contributed by atoms with Gasteiger partial charge in [0.2, 0.25) is 0 Å². The molecule has 0 atom stereocenters. The molecule has 0 aliphatic carbocycles. The number of hydrogen-bond acceptors (Lipinski definition) is 4. The van der Waals surface area contributed by atoms with Crippen LogP contribution in [0.2, 0.25) is 0 Å². The largest absolute Gasteiger partial charge is 0.488 e. The predicted octanol–water partition coefficient (Wildman–Crippen LogP) is 6.15. The van der Waals surface area contributed by atoms with Gasteiger partial charge < -0.3 is 4.74 Å². The van der Waals surface area contributed by atoms with Crippen LogP contribution in [-0.4, -0.2) is 4.92 Å². The fourth-order valence-electron chi connectivity index (χ4n) is 2.80. The van der Waals surface area contributed by atoms with Gasteiger partial charge in [-0.3, -0.25) is 10.1 Å². The van der Waals surface area contributed by atoms with Crippen LogP contribution in [0.4, 0.5) is 5.69 Å². The molecule has 29 heavy (non-hydrogen) atoms. The molecule has 6 heteroatoms. The Morgan fingerprint density at radius 1 is 1.17 bits per heavy atom. The second-order valence-corrected chi connectivity index (χ2v) is 7.60. The second-order valence-electron chi connectivity index (χ2n) is 6.44. The molecule has 0 amide bonds. The van der Waals surface area contributed by atoms with Crippen molar-refractivity contribution < 1.29 is 9.66 Å². The molecule has 0 fully saturated rings. The van der Waals surface area contributed by atoms with Gasteiger partial charge in [0.15, 0.2) is 0 Å². The zero-order chi connectivity index (χ0) is 20.8. The minimum absolute atomic E-state index is 0.00398. The summed E-state index contributed by atoms with van der Waals surface area (Å²) in [5, 5.41) is 20.3. The van der Waals surface area contributed by atoms with Crippen molar-refractivity contribution in [2.45, 2.75) is 13.5 Å². The van der Waals surface area contributed by atoms with E-state index in [1.165, 1.54) is 17.7 Å². The van der Waals surface area contributed by atoms with E-state index in [0.29, 0.717) is 17.7 Å². The first-order valence-electron chi connectivity index (χ1n) is 8.81. The van der Waals surface area contributed by atoms with Gasteiger partial charge in [0, 0.05) is 12.1 Å². The molecule has 0 saturated carbocycles. The summed E-state index contributed by atoms with van der Waals surface area (Å²) in [6.07, 6.45) is 1.76. The van der Waals surface area contributed by atoms with E-state index in [9.17, 15) is 15.4 Å². The second kappa shape index (κ2) is 9.34. The van der Waals surface area contributed by atoms with Crippen molar-refractivity contribution in [3.05, 3.63) is 103 Å². The highest BCUT2D eigenvalue weighted by molar-refractivity contribution is 14.1. The molecule has 0 heterocycles. The summed E-state index contributed by atoms with van der Waals surface area (Å²) in [6.45, 7) is 2.53. The predicted molar refractivity (Wildman–Crippen MR) is 121 cm³/mol. The minimum atomic E-state index is -0.461. The van der Waals surface area contributed by atoms with Gasteiger partial charge in [-0.05, 0) is 76.5 Å². The fourth-order valence-corrected chi connectivity index (χ4v) is 3.49. The molecule has 0 aliphatic heterocycles. The molecule has 0 saturated heterocycles. The summed E-state index contributed by atoms with van der Waals surface area (Å²) in [5.41, 5.74) is 4.21. The zero-order valence-electron chi connectivity index (χ0n) is 15.6. The number of allylic oxidation sites excluding steroid dienone is 1. The van der Waals surface area contributed by atoms with Crippen LogP contribution in [0.1, 0.15) is 22.3 Å². The van der Waals surface area contributed by atoms with Crippen LogP contribution in [-0.2, 0) is 6.61 Å². The Morgan fingerprint density at radius 2 is 1.93 bits per heavy atom. The molecular weight excluding hydrogens is 479 g/mol. The van der Waals surface area contributed by atoms with Gasteiger partial charge in [0.05, 0.1) is 20.1 Å². The van der Waals surface area contributed by atoms with Gasteiger partial charge >= 0.3 is 0 Å². The van der Waals surface area contributed by atoms with Gasteiger partial charge in [0.1, 0.15) is 12.4 Å². The molecule has 3 rings (SSSR count). The summed E-state index contributed by atoms with van der Waals surface area (Å²) in [4.78, 5) is 10.3. The Morgan fingerprint density at radius 3 is 2.55 bits per heavy atom. The first-order valence-corrected chi connectivity index (χ1v) is 9.88. The molecular formula is C23H17IN2O3. The third-order valence-electron chi connectivity index (χ3n) is 4.25. The summed E-state index contributed by atoms with van der Waals surface area (Å²) < 4.78 is 6.86. The summed E-state index contributed by atoms with van der Waals surface area (Å²) in [5.74, 6) is 0.776. The van der Waals surface area contributed by atoms with Gasteiger partial charge in [-0.2, -0.15) is 5.26 Å². The third-order valence-corrected chi connectivity index (χ3v) is 5.10. The molecule has 5 nitrogen and oxygen atoms in total. The molecule has 0 radical (unpaired) electrons. The monoisotopic (exact) mass is 496 g/mol. The quantitative estimate of drug-likeness (QED) is 0.135. The Balaban J connectivity index is 1.77. The maximum absolute atomic E-state index is 10.8. The van der Waals surface area contributed by atoms with Crippen molar-refractivity contribution in [2.24, 2.45) is 0 Å². The normalized spacial score (nSPS) is 11.0. The van der Waals surface area contributed by atoms with Crippen LogP contribution in [0.3, 0.4) is 0 Å². The van der Waals surface area contributed by atoms with Crippen LogP contribution >= 0.6 is 22.6 Å². The number of rotatable bonds is 6. The summed E-state index contributed by atoms with van der Waals surface area (Å²) >= 11 is 2.21. The first-order chi connectivity index (χ1) is 14.0. The Labute approximate surface area is 182 Å². The highest BCUT2D eigenvalue weighted by Crippen LogP contribution is 2.26. The van der Waals surface area contributed by atoms with E-state index in [0.717, 1.165) is 20.4 Å². The number of non-ortho nitro benzene ring substituents is 1. The van der Waals surface area contributed by atoms with Crippen LogP contribution in [0.25, 0.3) is 11.6 Å². The molecule has 0 aliphatic rings. The highest BCUT2D eigenvalue weighted by Gasteiger charge is 2.08. The van der Waals surface area contributed by atoms with E-state index in [-0.39, 0.29) is 5.69 Å². The first kappa shape index (κ1) is 20.6. The number of nitrogens with zero attached hydrogens (tertiary/aromatic N) is 2. The molecule has 0 spiro atoms. The van der Waals surface area contributed by atoms with Crippen molar-refractivity contribution >= 4 is 39.9 Å². The van der Waals surface area contributed by atoms with Gasteiger partial charge in [0.25, 0.3) is 5.69 Å². The lowest BCUT2D eigenvalue weighted by atomic mass is 10.0. The smallest absolute Gasteiger partial charge is 0.269 e. The number of ether oxygens (including phenoxy) is 1. The van der Waals surface area contributed by atoms with Gasteiger partial charge in [-0.1, -0.05) is 35.9 Å². The Kier molecular flexibility index (Phi) is 6.62. The van der Waals surface area contributed by atoms with Crippen molar-refractivity contribution in [3.63, 3.8) is 0 Å². The van der Waals surface area contributed by atoms with E-state index in [1.807, 2.05) is 43.3 Å². The average Bonchev–Trinajstić information content (AvgIpc) is 2.71. The number of nitro groups is 1. The Hall–Kier alpha value is -3.18. The van der Waals surface area contributed by atoms with Gasteiger partial charge in [-0.25, -0.2) is 0 Å². The lowest BCUT2D eigenvalue weighted by molar-refractivity contribution is -0.384. The van der Waals surface area contributed by atoms with Crippen LogP contribution < -0.4 is 4.74 Å². The maximum Gasteiger partial charge on any atom is 0.269 e. The molecule has 0 N–H and O–H groups in total. The maximum atomic E-state index is 10.8. The van der Waals surface area contributed by atoms with Crippen molar-refractivity contribution in [1.29, 1.82) is 5.26 Å². The molecule has 3 aromatic rings. The van der Waals surface area contributed by atoms with Gasteiger partial charge in [-0.15, -0.1) is 0 Å². The van der Waals surface area contributed by atoms with E-state index < -0.39 is 4.92 Å². The topological polar surface area (TPSA) is 76.2 Å². The lowest BCUT2D eigenvalue weighted by Gasteiger charge is -2.10. The summed E-state index contributed by atoms with van der Waals surface area (Å²) in [6, 6.07) is 22.0. The molecule has 144 valence electrons. The number of nitro benzene ring substituents is 1. The highest BCUT2D eigenvalue weighted by atomic mass is 127. The molecule has 0 aromatic heterocycles. The number of aryl methyl sites for hydroxylation is 1. The summed E-state index contributed by atoms with van der Waals surface area (Å²) in [7, 11) is 0. The third kappa shape index (κ3) is 5.42. The van der Waals surface area contributed by atoms with Crippen LogP contribution in [0, 0.1) is 31.9 Å². The van der Waals surface area contributed by atoms with E-state index in [4.69, 9.17) is 4.74 Å². The molecule has 0 bridgehead atoms.